The van der Waals surface area contributed by atoms with E-state index < -0.39 is 99.8 Å². The maximum absolute atomic E-state index is 15.9. The number of halogens is 5. The smallest absolute Gasteiger partial charge is 0.412 e. The second-order valence-corrected chi connectivity index (χ2v) is 38.0. The Hall–Kier alpha value is -15.6. The van der Waals surface area contributed by atoms with Crippen LogP contribution < -0.4 is 33.6 Å². The van der Waals surface area contributed by atoms with Gasteiger partial charge in [0, 0.05) is 118 Å². The minimum atomic E-state index is -1.62. The Morgan fingerprint density at radius 3 is 1.40 bits per heavy atom. The van der Waals surface area contributed by atoms with Crippen molar-refractivity contribution in [2.75, 3.05) is 71.2 Å². The summed E-state index contributed by atoms with van der Waals surface area (Å²) in [6.45, 7) is 1.91. The van der Waals surface area contributed by atoms with Crippen molar-refractivity contribution in [2.24, 2.45) is 28.9 Å². The number of piperidine rings is 3. The molecule has 0 bridgehead atoms. The predicted octanol–water partition coefficient (Wildman–Crippen LogP) is 14.5. The van der Waals surface area contributed by atoms with Crippen LogP contribution in [0.4, 0.5) is 38.3 Å². The quantitative estimate of drug-likeness (QED) is 0.00891. The molecule has 6 atom stereocenters. The molecule has 0 spiro atoms. The van der Waals surface area contributed by atoms with E-state index in [1.54, 1.807) is 69.2 Å². The third-order valence-electron chi connectivity index (χ3n) is 28.7. The van der Waals surface area contributed by atoms with E-state index in [2.05, 4.69) is 135 Å². The van der Waals surface area contributed by atoms with Crippen LogP contribution in [0.2, 0.25) is 0 Å². The number of hydrogen-bond acceptors (Lipinski definition) is 25. The van der Waals surface area contributed by atoms with E-state index in [1.807, 2.05) is 36.4 Å². The fourth-order valence-electron chi connectivity index (χ4n) is 20.0. The SMILES string of the molecule is COC(=O)Cc1nn(C2(CC#N)CCC(Nc3ccc(-c4ccccc4)cc3)CC2)cc1C(N)=O.COC(=O)Cc1nn(C2(CC#N)CCN(Cc3ccc(-c4ccccc4)c(O)c3F)CC2F)cc1C(N)=O.COC(=O)Nc1nn(C2(CC#N)CCN(Cc3ccc(C4=CCCCC4)nc3F)CC2F)cc1C(N)=O.N#CCC1(n2cc(C(N)=O)c(CC(=O)C3CC3)n2)CCN(Cc2ccc(C3=CCCC3)cc2)CC1F. The molecule has 5 fully saturated rings. The fourth-order valence-corrected chi connectivity index (χ4v) is 20.0. The summed E-state index contributed by atoms with van der Waals surface area (Å²) in [5, 5.41) is 72.0. The lowest BCUT2D eigenvalue weighted by Crippen LogP contribution is -2.54. The summed E-state index contributed by atoms with van der Waals surface area (Å²) >= 11 is 0. The normalized spacial score (nSPS) is 21.4. The summed E-state index contributed by atoms with van der Waals surface area (Å²) in [5.41, 5.74) is 28.5. The first kappa shape index (κ1) is 106. The Kier molecular flexibility index (Phi) is 34.7. The average Bonchev–Trinajstić information content (AvgIpc) is 1.59. The van der Waals surface area contributed by atoms with E-state index in [0.717, 1.165) is 88.1 Å². The van der Waals surface area contributed by atoms with Crippen LogP contribution in [0, 0.1) is 63.0 Å². The molecule has 146 heavy (non-hydrogen) atoms. The molecule has 34 nitrogen and oxygen atoms in total. The monoisotopic (exact) mass is 2000 g/mol. The van der Waals surface area contributed by atoms with Gasteiger partial charge < -0.3 is 47.6 Å². The number of pyridine rings is 1. The summed E-state index contributed by atoms with van der Waals surface area (Å²) in [5.74, 6) is -6.20. The minimum absolute atomic E-state index is 0.00848. The molecule has 7 aliphatic rings. The standard InChI is InChI=1S/C28H32FN5O2.C27H27F2N5O4.C27H29N5O3.C25H29F2N7O3/c29-26-18-33(16-19-5-7-21(8-6-19)20-3-1-2-4-20)14-12-28(26,11-13-30)34-17-23(27(31)36)24(32-34)15-25(35)22-9-10-22;1-38-23(35)13-21-20(26(31)37)15-34(32-21)27(9-11-30)10-12-33(16-22(27)28)14-18-7-8-19(25(36)24(18)29)17-5-3-2-4-6-17;1-35-25(33)17-24-23(26(29)34)18-32(31-24)27(15-16-28)13-11-22(12-14-27)30-21-9-7-20(8-10-21)19-5-3-2-4-6-19;1-37-24(36)31-23-18(22(29)35)14-34(32-23)25(9-11-28)10-12-33(15-20(25)26)13-17-7-8-19(30-21(17)27)16-5-3-2-4-6-16/h3,5-8,17,22,26H,1-2,4,9-12,14-16,18H2,(H2,31,36);2-8,15,22,36H,9-10,12-14,16H2,1H3,(H2,31,37);2-10,18,22,30H,11-15,17H2,1H3,(H2,29,34);5,7-8,14,20H,2-4,6,9-10,12-13,15H2,1H3,(H2,29,35)(H,31,32,36). The number of aromatic nitrogens is 9. The van der Waals surface area contributed by atoms with E-state index in [-0.39, 0.29) is 166 Å². The van der Waals surface area contributed by atoms with Gasteiger partial charge in [0.1, 0.15) is 46.5 Å². The molecule has 4 aliphatic carbocycles. The zero-order valence-electron chi connectivity index (χ0n) is 81.5. The highest BCUT2D eigenvalue weighted by Crippen LogP contribution is 2.45. The minimum Gasteiger partial charge on any atom is -0.504 e. The number of phenolic OH excluding ortho intramolecular Hbond substituents is 1. The van der Waals surface area contributed by atoms with Crippen molar-refractivity contribution in [3.05, 3.63) is 249 Å². The maximum atomic E-state index is 15.9. The van der Waals surface area contributed by atoms with Crippen LogP contribution in [0.15, 0.2) is 170 Å². The van der Waals surface area contributed by atoms with E-state index in [9.17, 15) is 68.9 Å². The number of hydrogen-bond donors (Lipinski definition) is 7. The summed E-state index contributed by atoms with van der Waals surface area (Å²) in [7, 11) is 3.61. The third kappa shape index (κ3) is 24.7. The van der Waals surface area contributed by atoms with Gasteiger partial charge in [-0.15, -0.1) is 0 Å². The molecule has 5 amide bonds. The van der Waals surface area contributed by atoms with Gasteiger partial charge in [-0.05, 0) is 160 Å². The van der Waals surface area contributed by atoms with Gasteiger partial charge in [-0.2, -0.15) is 45.8 Å². The fraction of sp³-hybridized carbons (Fsp3) is 0.411. The van der Waals surface area contributed by atoms with E-state index >= 15 is 17.6 Å². The summed E-state index contributed by atoms with van der Waals surface area (Å²) < 4.78 is 96.9. The number of aromatic hydroxyl groups is 1. The number of ketones is 1. The van der Waals surface area contributed by atoms with Crippen molar-refractivity contribution in [3.8, 4) is 52.3 Å². The van der Waals surface area contributed by atoms with Crippen molar-refractivity contribution >= 4 is 70.1 Å². The van der Waals surface area contributed by atoms with Gasteiger partial charge in [-0.3, -0.25) is 72.3 Å². The molecule has 6 unspecified atom stereocenters. The molecule has 2 saturated carbocycles. The summed E-state index contributed by atoms with van der Waals surface area (Å²) in [6, 6.07) is 51.4. The zero-order chi connectivity index (χ0) is 104. The van der Waals surface area contributed by atoms with Gasteiger partial charge in [0.15, 0.2) is 17.4 Å². The molecule has 3 aliphatic heterocycles. The Morgan fingerprint density at radius 1 is 0.473 bits per heavy atom. The third-order valence-corrected chi connectivity index (χ3v) is 28.7. The number of Topliss-reactive ketones (excluding diaryl/α,β-unsaturated/α-hetero) is 1. The highest BCUT2D eigenvalue weighted by atomic mass is 19.1. The molecule has 17 rings (SSSR count). The number of methoxy groups -OCH3 is 3. The lowest BCUT2D eigenvalue weighted by molar-refractivity contribution is -0.140. The topological polar surface area (TPSA) is 502 Å². The van der Waals surface area contributed by atoms with Crippen molar-refractivity contribution in [1.29, 1.82) is 21.0 Å². The number of alkyl halides is 3. The number of benzene rings is 5. The van der Waals surface area contributed by atoms with E-state index in [1.165, 1.54) is 75.5 Å². The molecule has 5 aromatic carbocycles. The first-order chi connectivity index (χ1) is 70.3. The number of likely N-dealkylation sites (tertiary alicyclic amines) is 3. The van der Waals surface area contributed by atoms with Gasteiger partial charge in [-0.1, -0.05) is 127 Å². The molecule has 3 saturated heterocycles. The number of nitrogens with two attached hydrogens (primary N) is 4. The van der Waals surface area contributed by atoms with Crippen LogP contribution in [0.1, 0.15) is 215 Å². The molecular formula is C107H117F5N22O12. The van der Waals surface area contributed by atoms with Crippen LogP contribution >= 0.6 is 0 Å². The van der Waals surface area contributed by atoms with Crippen molar-refractivity contribution in [1.82, 2.24) is 58.8 Å². The lowest BCUT2D eigenvalue weighted by atomic mass is 9.77. The largest absolute Gasteiger partial charge is 0.504 e. The van der Waals surface area contributed by atoms with E-state index in [0.29, 0.717) is 61.3 Å². The first-order valence-corrected chi connectivity index (χ1v) is 48.6. The zero-order valence-corrected chi connectivity index (χ0v) is 81.5. The van der Waals surface area contributed by atoms with Crippen LogP contribution in [-0.4, -0.2) is 197 Å². The van der Waals surface area contributed by atoms with Crippen molar-refractivity contribution in [3.63, 3.8) is 0 Å². The highest BCUT2D eigenvalue weighted by molar-refractivity contribution is 6.01. The highest BCUT2D eigenvalue weighted by Gasteiger charge is 2.51. The molecule has 8 heterocycles. The number of phenols is 1. The molecule has 5 aromatic heterocycles. The number of allylic oxidation sites excluding steroid dienone is 4. The predicted molar refractivity (Wildman–Crippen MR) is 529 cm³/mol. The number of primary amides is 4. The number of esters is 2. The van der Waals surface area contributed by atoms with Gasteiger partial charge in [0.05, 0.1) is 136 Å². The molecule has 39 heteroatoms. The van der Waals surface area contributed by atoms with Crippen molar-refractivity contribution < 1.29 is 79.6 Å². The average molecular weight is 2000 g/mol. The van der Waals surface area contributed by atoms with Gasteiger partial charge >= 0.3 is 18.0 Å². The van der Waals surface area contributed by atoms with Gasteiger partial charge in [-0.25, -0.2) is 27.3 Å². The molecular weight excluding hydrogens is 1880 g/mol. The molecule has 0 radical (unpaired) electrons. The van der Waals surface area contributed by atoms with Crippen LogP contribution in [0.3, 0.4) is 0 Å². The number of carbonyl (C=O) groups excluding carboxylic acids is 8. The van der Waals surface area contributed by atoms with Crippen LogP contribution in [0.5, 0.6) is 5.75 Å². The summed E-state index contributed by atoms with van der Waals surface area (Å²) in [6.07, 6.45) is 16.6. The first-order valence-electron chi connectivity index (χ1n) is 48.6. The number of anilines is 2. The van der Waals surface area contributed by atoms with Gasteiger partial charge in [0.2, 0.25) is 5.95 Å². The number of amides is 5. The van der Waals surface area contributed by atoms with Crippen molar-refractivity contribution in [2.45, 2.75) is 214 Å². The number of rotatable bonds is 32. The number of ether oxygens (including phenoxy) is 3. The van der Waals surface area contributed by atoms with Crippen LogP contribution in [0.25, 0.3) is 33.4 Å². The summed E-state index contributed by atoms with van der Waals surface area (Å²) in [4.78, 5) is 105. The Balaban J connectivity index is 0.000000154. The molecule has 11 N–H and O–H groups in total. The van der Waals surface area contributed by atoms with Crippen LogP contribution in [-0.2, 0) is 89.6 Å². The van der Waals surface area contributed by atoms with E-state index in [4.69, 9.17) is 27.7 Å². The molecule has 10 aromatic rings. The lowest BCUT2D eigenvalue weighted by Gasteiger charge is -2.43. The Bertz CT molecular complexity index is 6670. The number of nitriles is 4. The maximum Gasteiger partial charge on any atom is 0.412 e. The second kappa shape index (κ2) is 47.8. The van der Waals surface area contributed by atoms with Gasteiger partial charge in [0.25, 0.3) is 23.6 Å². The Labute approximate surface area is 841 Å². The number of nitrogens with one attached hydrogen (secondary N) is 2. The Morgan fingerprint density at radius 2 is 0.925 bits per heavy atom. The second-order valence-electron chi connectivity index (χ2n) is 38.0. The number of nitrogens with zero attached hydrogens (tertiary/aromatic N) is 16. The molecule has 762 valence electrons. The number of carbonyl (C=O) groups is 8.